The minimum Gasteiger partial charge on any atom is -0.291 e. The molecule has 1 amide bonds. The molecule has 132 valence electrons. The van der Waals surface area contributed by atoms with Crippen LogP contribution in [0, 0.1) is 6.92 Å². The van der Waals surface area contributed by atoms with E-state index in [1.165, 1.54) is 11.8 Å². The molecule has 1 aliphatic rings. The van der Waals surface area contributed by atoms with Gasteiger partial charge in [0.2, 0.25) is 11.1 Å². The summed E-state index contributed by atoms with van der Waals surface area (Å²) in [6, 6.07) is 9.48. The fourth-order valence-electron chi connectivity index (χ4n) is 3.29. The number of aromatic nitrogens is 3. The summed E-state index contributed by atoms with van der Waals surface area (Å²) >= 11 is 2.92. The first-order valence-electron chi connectivity index (χ1n) is 8.06. The van der Waals surface area contributed by atoms with E-state index in [9.17, 15) is 9.59 Å². The van der Waals surface area contributed by atoms with Crippen molar-refractivity contribution in [3.05, 3.63) is 56.5 Å². The van der Waals surface area contributed by atoms with Crippen LogP contribution in [0.4, 0.5) is 5.69 Å². The first-order valence-corrected chi connectivity index (χ1v) is 10.2. The second-order valence-electron chi connectivity index (χ2n) is 6.00. The number of aromatic amines is 1. The van der Waals surface area contributed by atoms with Crippen LogP contribution in [-0.4, -0.2) is 22.2 Å². The molecule has 0 radical (unpaired) electrons. The summed E-state index contributed by atoms with van der Waals surface area (Å²) in [6.07, 6.45) is 1.38. The zero-order valence-electron chi connectivity index (χ0n) is 14.5. The Hall–Kier alpha value is -2.45. The van der Waals surface area contributed by atoms with Gasteiger partial charge < -0.3 is 0 Å². The van der Waals surface area contributed by atoms with E-state index in [-0.39, 0.29) is 11.5 Å². The van der Waals surface area contributed by atoms with Crippen LogP contribution in [0.25, 0.3) is 11.3 Å². The molecule has 0 saturated carbocycles. The van der Waals surface area contributed by atoms with Gasteiger partial charge in [-0.3, -0.25) is 14.6 Å². The third kappa shape index (κ3) is 2.48. The van der Waals surface area contributed by atoms with Crippen LogP contribution < -0.4 is 15.1 Å². The number of aryl methyl sites for hydroxylation is 1. The zero-order chi connectivity index (χ0) is 18.4. The van der Waals surface area contributed by atoms with Gasteiger partial charge in [-0.1, -0.05) is 23.9 Å². The number of para-hydroxylation sites is 1. The van der Waals surface area contributed by atoms with E-state index in [1.54, 1.807) is 27.8 Å². The number of carbonyl (C=O) groups is 1. The van der Waals surface area contributed by atoms with Crippen LogP contribution in [0.2, 0.25) is 0 Å². The number of fused-ring (bicyclic) bond motifs is 3. The number of benzene rings is 1. The fraction of sp³-hybridized carbons (Fsp3) is 0.222. The molecule has 1 N–H and O–H groups in total. The maximum Gasteiger partial charge on any atom is 0.325 e. The minimum absolute atomic E-state index is 0.0961. The van der Waals surface area contributed by atoms with Crippen molar-refractivity contribution < 1.29 is 9.48 Å². The SMILES string of the molecule is CSc1n[n+]2c(c(=O)[nH]1)-c1ccccc1N(C(C)=O)C2c1sccc1C. The lowest BCUT2D eigenvalue weighted by molar-refractivity contribution is -0.762. The number of thioether (sulfide) groups is 1. The van der Waals surface area contributed by atoms with Crippen molar-refractivity contribution in [2.24, 2.45) is 0 Å². The Labute approximate surface area is 158 Å². The summed E-state index contributed by atoms with van der Waals surface area (Å²) in [5, 5.41) is 7.15. The van der Waals surface area contributed by atoms with Gasteiger partial charge in [-0.05, 0) is 47.0 Å². The number of amides is 1. The van der Waals surface area contributed by atoms with Crippen molar-refractivity contribution in [1.29, 1.82) is 0 Å². The molecule has 0 bridgehead atoms. The predicted molar refractivity (Wildman–Crippen MR) is 103 cm³/mol. The number of nitrogens with zero attached hydrogens (tertiary/aromatic N) is 3. The molecule has 0 spiro atoms. The van der Waals surface area contributed by atoms with Crippen molar-refractivity contribution in [3.63, 3.8) is 0 Å². The Balaban J connectivity index is 2.12. The average Bonchev–Trinajstić information content (AvgIpc) is 3.05. The zero-order valence-corrected chi connectivity index (χ0v) is 16.1. The van der Waals surface area contributed by atoms with Gasteiger partial charge >= 0.3 is 17.4 Å². The molecule has 2 aromatic heterocycles. The van der Waals surface area contributed by atoms with Crippen molar-refractivity contribution in [3.8, 4) is 11.3 Å². The van der Waals surface area contributed by atoms with E-state index < -0.39 is 6.17 Å². The van der Waals surface area contributed by atoms with Gasteiger partial charge in [-0.2, -0.15) is 0 Å². The summed E-state index contributed by atoms with van der Waals surface area (Å²) < 4.78 is 1.69. The second kappa shape index (κ2) is 6.37. The molecule has 0 fully saturated rings. The van der Waals surface area contributed by atoms with E-state index in [2.05, 4.69) is 10.1 Å². The van der Waals surface area contributed by atoms with E-state index in [0.717, 1.165) is 16.1 Å². The number of carbonyl (C=O) groups excluding carboxylic acids is 1. The van der Waals surface area contributed by atoms with E-state index in [1.807, 2.05) is 48.9 Å². The van der Waals surface area contributed by atoms with Crippen molar-refractivity contribution in [2.45, 2.75) is 25.2 Å². The molecule has 3 heterocycles. The van der Waals surface area contributed by atoms with Gasteiger partial charge in [0, 0.05) is 12.0 Å². The molecule has 8 heteroatoms. The number of rotatable bonds is 2. The highest BCUT2D eigenvalue weighted by molar-refractivity contribution is 7.98. The first-order chi connectivity index (χ1) is 12.5. The van der Waals surface area contributed by atoms with Gasteiger partial charge in [0.25, 0.3) is 0 Å². The largest absolute Gasteiger partial charge is 0.325 e. The van der Waals surface area contributed by atoms with Gasteiger partial charge in [-0.25, -0.2) is 4.90 Å². The number of thiophene rings is 1. The lowest BCUT2D eigenvalue weighted by Gasteiger charge is -2.30. The second-order valence-corrected chi connectivity index (χ2v) is 7.75. The van der Waals surface area contributed by atoms with Crippen molar-refractivity contribution in [2.75, 3.05) is 11.2 Å². The molecule has 26 heavy (non-hydrogen) atoms. The monoisotopic (exact) mass is 385 g/mol. The van der Waals surface area contributed by atoms with E-state index >= 15 is 0 Å². The summed E-state index contributed by atoms with van der Waals surface area (Å²) in [5.41, 5.74) is 2.75. The molecule has 1 aliphatic heterocycles. The minimum atomic E-state index is -0.481. The lowest BCUT2D eigenvalue weighted by Crippen LogP contribution is -2.60. The Morgan fingerprint density at radius 2 is 2.12 bits per heavy atom. The van der Waals surface area contributed by atoms with Gasteiger partial charge in [0.15, 0.2) is 0 Å². The molecule has 6 nitrogen and oxygen atoms in total. The summed E-state index contributed by atoms with van der Waals surface area (Å²) in [6.45, 7) is 3.55. The lowest BCUT2D eigenvalue weighted by atomic mass is 10.0. The van der Waals surface area contributed by atoms with Crippen molar-refractivity contribution in [1.82, 2.24) is 10.1 Å². The molecular weight excluding hydrogens is 368 g/mol. The Kier molecular flexibility index (Phi) is 4.16. The predicted octanol–water partition coefficient (Wildman–Crippen LogP) is 2.73. The fourth-order valence-corrected chi connectivity index (χ4v) is 4.66. The number of anilines is 1. The van der Waals surface area contributed by atoms with Gasteiger partial charge in [0.1, 0.15) is 4.88 Å². The molecule has 1 aromatic carbocycles. The quantitative estimate of drug-likeness (QED) is 0.544. The van der Waals surface area contributed by atoms with Crippen LogP contribution in [0.3, 0.4) is 0 Å². The van der Waals surface area contributed by atoms with E-state index in [0.29, 0.717) is 16.4 Å². The topological polar surface area (TPSA) is 69.9 Å². The summed E-state index contributed by atoms with van der Waals surface area (Å²) in [5.74, 6) is -0.0961. The van der Waals surface area contributed by atoms with Crippen LogP contribution in [0.15, 0.2) is 45.7 Å². The molecule has 0 aliphatic carbocycles. The Morgan fingerprint density at radius 1 is 1.35 bits per heavy atom. The number of nitrogens with one attached hydrogen (secondary N) is 1. The van der Waals surface area contributed by atoms with Crippen LogP contribution in [-0.2, 0) is 4.79 Å². The number of hydrogen-bond donors (Lipinski definition) is 1. The van der Waals surface area contributed by atoms with Crippen LogP contribution >= 0.6 is 23.1 Å². The van der Waals surface area contributed by atoms with Gasteiger partial charge in [0.05, 0.1) is 11.3 Å². The van der Waals surface area contributed by atoms with Crippen molar-refractivity contribution >= 4 is 34.7 Å². The molecule has 1 atom stereocenters. The first kappa shape index (κ1) is 17.0. The third-order valence-corrected chi connectivity index (χ3v) is 6.06. The number of hydrogen-bond acceptors (Lipinski definition) is 5. The smallest absolute Gasteiger partial charge is 0.291 e. The molecule has 3 aromatic rings. The maximum absolute atomic E-state index is 12.9. The highest BCUT2D eigenvalue weighted by Crippen LogP contribution is 2.39. The van der Waals surface area contributed by atoms with E-state index in [4.69, 9.17) is 0 Å². The highest BCUT2D eigenvalue weighted by Gasteiger charge is 2.45. The summed E-state index contributed by atoms with van der Waals surface area (Å²) in [4.78, 5) is 31.0. The molecular formula is C18H17N4O2S2+. The Bertz CT molecular complexity index is 1070. The average molecular weight is 385 g/mol. The maximum atomic E-state index is 12.9. The normalized spacial score (nSPS) is 15.5. The van der Waals surface area contributed by atoms with Crippen LogP contribution in [0.5, 0.6) is 0 Å². The van der Waals surface area contributed by atoms with Gasteiger partial charge in [-0.15, -0.1) is 11.3 Å². The molecule has 1 unspecified atom stereocenters. The third-order valence-electron chi connectivity index (χ3n) is 4.43. The Morgan fingerprint density at radius 3 is 2.77 bits per heavy atom. The molecule has 4 rings (SSSR count). The molecule has 0 saturated heterocycles. The standard InChI is InChI=1S/C18H16N4O2S2/c1-10-8-9-26-15(10)17-21(11(2)23)13-7-5-4-6-12(13)14-16(24)19-18(25-3)20-22(14)17/h4-9,17H,1-3H3/p+1. The highest BCUT2D eigenvalue weighted by atomic mass is 32.2. The summed E-state index contributed by atoms with van der Waals surface area (Å²) in [7, 11) is 0. The number of H-pyrrole nitrogens is 1. The van der Waals surface area contributed by atoms with Crippen LogP contribution in [0.1, 0.15) is 23.5 Å².